The lowest BCUT2D eigenvalue weighted by Gasteiger charge is -2.47. The van der Waals surface area contributed by atoms with E-state index >= 15 is 0 Å². The second kappa shape index (κ2) is 5.80. The van der Waals surface area contributed by atoms with Crippen LogP contribution < -0.4 is 4.74 Å². The Balaban J connectivity index is 1.36. The van der Waals surface area contributed by atoms with Crippen molar-refractivity contribution in [3.05, 3.63) is 29.8 Å². The van der Waals surface area contributed by atoms with Crippen LogP contribution >= 0.6 is 0 Å². The molecule has 3 fully saturated rings. The van der Waals surface area contributed by atoms with Gasteiger partial charge in [0.25, 0.3) is 5.91 Å². The number of amides is 1. The van der Waals surface area contributed by atoms with E-state index < -0.39 is 0 Å². The molecule has 4 rings (SSSR count). The highest BCUT2D eigenvalue weighted by Gasteiger charge is 2.52. The van der Waals surface area contributed by atoms with Crippen molar-refractivity contribution < 1.29 is 14.3 Å². The third-order valence-corrected chi connectivity index (χ3v) is 5.41. The first-order valence-electron chi connectivity index (χ1n) is 8.50. The highest BCUT2D eigenvalue weighted by Crippen LogP contribution is 2.38. The minimum absolute atomic E-state index is 0.0720. The summed E-state index contributed by atoms with van der Waals surface area (Å²) in [5.74, 6) is 0.792. The summed E-state index contributed by atoms with van der Waals surface area (Å²) in [6.45, 7) is 4.66. The molecule has 23 heavy (non-hydrogen) atoms. The van der Waals surface area contributed by atoms with Gasteiger partial charge in [0.15, 0.2) is 0 Å². The molecule has 1 aromatic rings. The van der Waals surface area contributed by atoms with Gasteiger partial charge in [0, 0.05) is 11.6 Å². The number of nitrogens with zero attached hydrogens (tertiary/aromatic N) is 2. The number of methoxy groups -OCH3 is 1. The predicted octanol–water partition coefficient (Wildman–Crippen LogP) is 1.77. The monoisotopic (exact) mass is 316 g/mol. The van der Waals surface area contributed by atoms with Crippen LogP contribution in [0.15, 0.2) is 24.3 Å². The fourth-order valence-corrected chi connectivity index (χ4v) is 4.11. The average molecular weight is 316 g/mol. The van der Waals surface area contributed by atoms with Crippen molar-refractivity contribution in [1.82, 2.24) is 9.80 Å². The molecule has 1 amide bonds. The average Bonchev–Trinajstić information content (AvgIpc) is 3.22. The Morgan fingerprint density at radius 2 is 2.09 bits per heavy atom. The number of likely N-dealkylation sites (tertiary alicyclic amines) is 2. The Bertz CT molecular complexity index is 592. The van der Waals surface area contributed by atoms with Gasteiger partial charge in [0.05, 0.1) is 26.8 Å². The molecule has 0 radical (unpaired) electrons. The van der Waals surface area contributed by atoms with Crippen molar-refractivity contribution in [3.63, 3.8) is 0 Å². The smallest absolute Gasteiger partial charge is 0.254 e. The number of hydrogen-bond acceptors (Lipinski definition) is 4. The molecule has 0 N–H and O–H groups in total. The fraction of sp³-hybridized carbons (Fsp3) is 0.611. The van der Waals surface area contributed by atoms with E-state index in [4.69, 9.17) is 9.47 Å². The van der Waals surface area contributed by atoms with E-state index in [2.05, 4.69) is 4.90 Å². The molecule has 1 unspecified atom stereocenters. The molecule has 3 heterocycles. The van der Waals surface area contributed by atoms with Crippen molar-refractivity contribution in [2.75, 3.05) is 39.9 Å². The highest BCUT2D eigenvalue weighted by atomic mass is 16.5. The maximum Gasteiger partial charge on any atom is 0.254 e. The molecule has 3 aliphatic rings. The Morgan fingerprint density at radius 1 is 1.30 bits per heavy atom. The van der Waals surface area contributed by atoms with Crippen molar-refractivity contribution in [2.45, 2.75) is 30.9 Å². The third kappa shape index (κ3) is 2.72. The Morgan fingerprint density at radius 3 is 2.83 bits per heavy atom. The highest BCUT2D eigenvalue weighted by molar-refractivity contribution is 5.95. The van der Waals surface area contributed by atoms with Gasteiger partial charge in [-0.15, -0.1) is 0 Å². The molecule has 5 heteroatoms. The van der Waals surface area contributed by atoms with Crippen LogP contribution in [0, 0.1) is 0 Å². The minimum atomic E-state index is -0.0955. The Hall–Kier alpha value is -1.59. The summed E-state index contributed by atoms with van der Waals surface area (Å²) in [6.07, 6.45) is 3.68. The van der Waals surface area contributed by atoms with Gasteiger partial charge in [-0.3, -0.25) is 9.69 Å². The molecule has 124 valence electrons. The molecule has 1 aromatic carbocycles. The summed E-state index contributed by atoms with van der Waals surface area (Å²) in [6, 6.07) is 7.91. The lowest BCUT2D eigenvalue weighted by molar-refractivity contribution is -0.0950. The van der Waals surface area contributed by atoms with E-state index in [0.29, 0.717) is 24.7 Å². The van der Waals surface area contributed by atoms with Crippen molar-refractivity contribution in [1.29, 1.82) is 0 Å². The van der Waals surface area contributed by atoms with Crippen LogP contribution in [0.3, 0.4) is 0 Å². The lowest BCUT2D eigenvalue weighted by atomic mass is 9.88. The zero-order valence-corrected chi connectivity index (χ0v) is 13.7. The van der Waals surface area contributed by atoms with Gasteiger partial charge in [-0.1, -0.05) is 6.07 Å². The largest absolute Gasteiger partial charge is 0.497 e. The molecule has 0 aromatic heterocycles. The van der Waals surface area contributed by atoms with Crippen LogP contribution in [-0.2, 0) is 4.74 Å². The second-order valence-electron chi connectivity index (χ2n) is 6.99. The van der Waals surface area contributed by atoms with Gasteiger partial charge >= 0.3 is 0 Å². The molecule has 5 nitrogen and oxygen atoms in total. The summed E-state index contributed by atoms with van der Waals surface area (Å²) in [5.41, 5.74) is 0.593. The number of carbonyl (C=O) groups is 1. The summed E-state index contributed by atoms with van der Waals surface area (Å²) in [4.78, 5) is 17.0. The Labute approximate surface area is 137 Å². The Kier molecular flexibility index (Phi) is 3.77. The first-order valence-corrected chi connectivity index (χ1v) is 8.50. The summed E-state index contributed by atoms with van der Waals surface area (Å²) >= 11 is 0. The number of hydrogen-bond donors (Lipinski definition) is 0. The second-order valence-corrected chi connectivity index (χ2v) is 6.99. The van der Waals surface area contributed by atoms with Crippen LogP contribution in [0.4, 0.5) is 0 Å². The van der Waals surface area contributed by atoms with E-state index in [1.54, 1.807) is 13.2 Å². The van der Waals surface area contributed by atoms with Gasteiger partial charge in [-0.25, -0.2) is 0 Å². The molecular weight excluding hydrogens is 292 g/mol. The maximum absolute atomic E-state index is 12.6. The standard InChI is InChI=1S/C18H24N2O3/c1-22-16-6-4-5-14(9-16)17(21)20-12-18(13-20)10-15(11-23-18)19-7-2-3-8-19/h4-6,9,15H,2-3,7-8,10-13H2,1H3. The zero-order chi connectivity index (χ0) is 15.9. The van der Waals surface area contributed by atoms with Crippen LogP contribution in [0.2, 0.25) is 0 Å². The number of rotatable bonds is 3. The topological polar surface area (TPSA) is 42.0 Å². The van der Waals surface area contributed by atoms with Crippen LogP contribution in [0.5, 0.6) is 5.75 Å². The molecule has 0 saturated carbocycles. The van der Waals surface area contributed by atoms with Gasteiger partial charge in [-0.2, -0.15) is 0 Å². The summed E-state index contributed by atoms with van der Waals surface area (Å²) in [7, 11) is 1.62. The van der Waals surface area contributed by atoms with E-state index in [-0.39, 0.29) is 11.5 Å². The number of carbonyl (C=O) groups excluding carboxylic acids is 1. The maximum atomic E-state index is 12.6. The minimum Gasteiger partial charge on any atom is -0.497 e. The molecular formula is C18H24N2O3. The van der Waals surface area contributed by atoms with Crippen molar-refractivity contribution >= 4 is 5.91 Å². The third-order valence-electron chi connectivity index (χ3n) is 5.41. The van der Waals surface area contributed by atoms with Crippen molar-refractivity contribution in [3.8, 4) is 5.75 Å². The summed E-state index contributed by atoms with van der Waals surface area (Å²) in [5, 5.41) is 0. The van der Waals surface area contributed by atoms with Crippen LogP contribution in [0.1, 0.15) is 29.6 Å². The van der Waals surface area contributed by atoms with E-state index in [1.807, 2.05) is 23.1 Å². The van der Waals surface area contributed by atoms with Gasteiger partial charge in [-0.05, 0) is 50.6 Å². The van der Waals surface area contributed by atoms with E-state index in [1.165, 1.54) is 25.9 Å². The molecule has 3 aliphatic heterocycles. The first-order chi connectivity index (χ1) is 11.2. The van der Waals surface area contributed by atoms with Gasteiger partial charge < -0.3 is 14.4 Å². The number of ether oxygens (including phenoxy) is 2. The quantitative estimate of drug-likeness (QED) is 0.852. The molecule has 1 spiro atoms. The normalized spacial score (nSPS) is 26.5. The van der Waals surface area contributed by atoms with E-state index in [0.717, 1.165) is 18.8 Å². The van der Waals surface area contributed by atoms with Crippen LogP contribution in [0.25, 0.3) is 0 Å². The van der Waals surface area contributed by atoms with Gasteiger partial charge in [0.1, 0.15) is 11.4 Å². The molecule has 0 aliphatic carbocycles. The van der Waals surface area contributed by atoms with Gasteiger partial charge in [0.2, 0.25) is 0 Å². The van der Waals surface area contributed by atoms with E-state index in [9.17, 15) is 4.79 Å². The fourth-order valence-electron chi connectivity index (χ4n) is 4.11. The molecule has 3 saturated heterocycles. The summed E-state index contributed by atoms with van der Waals surface area (Å²) < 4.78 is 11.3. The zero-order valence-electron chi connectivity index (χ0n) is 13.7. The first kappa shape index (κ1) is 15.0. The van der Waals surface area contributed by atoms with Crippen molar-refractivity contribution in [2.24, 2.45) is 0 Å². The number of benzene rings is 1. The predicted molar refractivity (Wildman–Crippen MR) is 86.8 cm³/mol. The van der Waals surface area contributed by atoms with Crippen LogP contribution in [-0.4, -0.2) is 67.2 Å². The molecule has 0 bridgehead atoms. The SMILES string of the molecule is COc1cccc(C(=O)N2CC3(CC(N4CCCC4)CO3)C2)c1. The lowest BCUT2D eigenvalue weighted by Crippen LogP contribution is -2.63. The molecule has 1 atom stereocenters.